The fourth-order valence-corrected chi connectivity index (χ4v) is 14.0. The van der Waals surface area contributed by atoms with Crippen molar-refractivity contribution in [2.75, 3.05) is 39.6 Å². The summed E-state index contributed by atoms with van der Waals surface area (Å²) in [6, 6.07) is 0. The molecule has 3 unspecified atom stereocenters. The lowest BCUT2D eigenvalue weighted by atomic mass is 10.00. The third-order valence-corrected chi connectivity index (χ3v) is 21.1. The molecular weight excluding hydrogens is 1310 g/mol. The molecule has 0 aromatic rings. The van der Waals surface area contributed by atoms with Crippen LogP contribution in [0.3, 0.4) is 0 Å². The van der Waals surface area contributed by atoms with Gasteiger partial charge in [0, 0.05) is 25.7 Å². The molecule has 0 fully saturated rings. The predicted octanol–water partition coefficient (Wildman–Crippen LogP) is 24.1. The highest BCUT2D eigenvalue weighted by atomic mass is 31.2. The molecule has 0 spiro atoms. The smallest absolute Gasteiger partial charge is 0.462 e. The number of phosphoric ester groups is 2. The lowest BCUT2D eigenvalue weighted by Crippen LogP contribution is -2.30. The lowest BCUT2D eigenvalue weighted by molar-refractivity contribution is -0.161. The van der Waals surface area contributed by atoms with Gasteiger partial charge in [0.15, 0.2) is 12.2 Å². The van der Waals surface area contributed by atoms with E-state index in [1.807, 2.05) is 0 Å². The summed E-state index contributed by atoms with van der Waals surface area (Å²) in [5, 5.41) is 10.6. The zero-order valence-corrected chi connectivity index (χ0v) is 67.5. The van der Waals surface area contributed by atoms with Crippen molar-refractivity contribution in [1.82, 2.24) is 0 Å². The Hall–Kier alpha value is -1.94. The van der Waals surface area contributed by atoms with E-state index in [1.54, 1.807) is 0 Å². The highest BCUT2D eigenvalue weighted by molar-refractivity contribution is 7.47. The van der Waals surface area contributed by atoms with Crippen molar-refractivity contribution < 1.29 is 80.2 Å². The summed E-state index contributed by atoms with van der Waals surface area (Å²) in [4.78, 5) is 73.0. The Kier molecular flexibility index (Phi) is 69.9. The SMILES string of the molecule is CCCCCCCCCCCCCCCCCCCCCCC(=O)O[C@H](COC(=O)CCCCCCCCCCCCCCCCCC(C)C)COP(=O)(O)OC[C@@H](O)COP(=O)(O)OC[C@@H](COC(=O)CCCCCCCCC(C)CC)OC(=O)CCCCCCCCCCCC(C)C. The number of esters is 4. The van der Waals surface area contributed by atoms with E-state index in [1.165, 1.54) is 225 Å². The lowest BCUT2D eigenvalue weighted by Gasteiger charge is -2.21. The number of carbonyl (C=O) groups excluding carboxylic acids is 4. The van der Waals surface area contributed by atoms with Gasteiger partial charge in [0.25, 0.3) is 0 Å². The summed E-state index contributed by atoms with van der Waals surface area (Å²) in [6.45, 7) is 11.9. The second kappa shape index (κ2) is 71.3. The van der Waals surface area contributed by atoms with E-state index in [0.717, 1.165) is 114 Å². The van der Waals surface area contributed by atoms with Crippen molar-refractivity contribution in [3.63, 3.8) is 0 Å². The largest absolute Gasteiger partial charge is 0.472 e. The molecule has 17 nitrogen and oxygen atoms in total. The van der Waals surface area contributed by atoms with Gasteiger partial charge in [-0.3, -0.25) is 37.3 Å². The van der Waals surface area contributed by atoms with E-state index in [9.17, 15) is 43.2 Å². The van der Waals surface area contributed by atoms with Crippen LogP contribution in [0, 0.1) is 17.8 Å². The van der Waals surface area contributed by atoms with Crippen molar-refractivity contribution in [3.8, 4) is 0 Å². The number of phosphoric acid groups is 2. The number of aliphatic hydroxyl groups is 1. The van der Waals surface area contributed by atoms with E-state index < -0.39 is 97.5 Å². The molecule has 100 heavy (non-hydrogen) atoms. The average Bonchev–Trinajstić information content (AvgIpc) is 0.954. The summed E-state index contributed by atoms with van der Waals surface area (Å²) < 4.78 is 68.7. The molecule has 19 heteroatoms. The molecule has 0 saturated heterocycles. The number of ether oxygens (including phenoxy) is 4. The maximum atomic E-state index is 13.1. The molecule has 0 amide bonds. The van der Waals surface area contributed by atoms with E-state index >= 15 is 0 Å². The number of hydrogen-bond acceptors (Lipinski definition) is 15. The molecule has 3 N–H and O–H groups in total. The summed E-state index contributed by atoms with van der Waals surface area (Å²) in [5.41, 5.74) is 0. The van der Waals surface area contributed by atoms with Gasteiger partial charge < -0.3 is 33.8 Å². The van der Waals surface area contributed by atoms with Crippen LogP contribution in [0.1, 0.15) is 421 Å². The zero-order valence-electron chi connectivity index (χ0n) is 65.7. The molecule has 0 aromatic heterocycles. The molecule has 0 saturated carbocycles. The molecule has 0 rings (SSSR count). The summed E-state index contributed by atoms with van der Waals surface area (Å²) >= 11 is 0. The van der Waals surface area contributed by atoms with Crippen LogP contribution in [0.2, 0.25) is 0 Å². The van der Waals surface area contributed by atoms with Crippen molar-refractivity contribution in [1.29, 1.82) is 0 Å². The van der Waals surface area contributed by atoms with E-state index in [0.29, 0.717) is 25.7 Å². The predicted molar refractivity (Wildman–Crippen MR) is 409 cm³/mol. The Labute approximate surface area is 613 Å². The van der Waals surface area contributed by atoms with Gasteiger partial charge in [0.1, 0.15) is 19.3 Å². The number of aliphatic hydroxyl groups excluding tert-OH is 1. The van der Waals surface area contributed by atoms with Gasteiger partial charge in [-0.25, -0.2) is 9.13 Å². The first-order chi connectivity index (χ1) is 48.3. The monoisotopic (exact) mass is 1470 g/mol. The van der Waals surface area contributed by atoms with E-state index in [4.69, 9.17) is 37.0 Å². The fraction of sp³-hybridized carbons (Fsp3) is 0.951. The van der Waals surface area contributed by atoms with Crippen LogP contribution in [0.15, 0.2) is 0 Å². The molecule has 594 valence electrons. The third kappa shape index (κ3) is 73.0. The molecule has 0 heterocycles. The third-order valence-electron chi connectivity index (χ3n) is 19.2. The minimum absolute atomic E-state index is 0.104. The molecule has 6 atom stereocenters. The first-order valence-electron chi connectivity index (χ1n) is 41.9. The highest BCUT2D eigenvalue weighted by Crippen LogP contribution is 2.45. The average molecular weight is 1470 g/mol. The highest BCUT2D eigenvalue weighted by Gasteiger charge is 2.30. The number of rotatable bonds is 79. The first kappa shape index (κ1) is 98.1. The minimum Gasteiger partial charge on any atom is -0.462 e. The molecule has 0 aromatic carbocycles. The van der Waals surface area contributed by atoms with Gasteiger partial charge in [-0.15, -0.1) is 0 Å². The van der Waals surface area contributed by atoms with Crippen LogP contribution in [-0.2, 0) is 65.4 Å². The second-order valence-corrected chi connectivity index (χ2v) is 33.3. The summed E-state index contributed by atoms with van der Waals surface area (Å²) in [6.07, 6.45) is 59.8. The minimum atomic E-state index is -4.96. The normalized spacial score (nSPS) is 14.2. The maximum absolute atomic E-state index is 13.1. The van der Waals surface area contributed by atoms with Gasteiger partial charge in [-0.1, -0.05) is 370 Å². The first-order valence-corrected chi connectivity index (χ1v) is 44.9. The quantitative estimate of drug-likeness (QED) is 0.0222. The maximum Gasteiger partial charge on any atom is 0.472 e. The van der Waals surface area contributed by atoms with Crippen LogP contribution in [-0.4, -0.2) is 96.7 Å². The van der Waals surface area contributed by atoms with Crippen LogP contribution in [0.4, 0.5) is 0 Å². The molecule has 0 aliphatic carbocycles. The summed E-state index contributed by atoms with van der Waals surface area (Å²) in [5.74, 6) is 0.160. The van der Waals surface area contributed by atoms with Crippen LogP contribution in [0.5, 0.6) is 0 Å². The molecule has 0 aliphatic rings. The van der Waals surface area contributed by atoms with Gasteiger partial charge in [-0.05, 0) is 43.4 Å². The van der Waals surface area contributed by atoms with Crippen LogP contribution < -0.4 is 0 Å². The van der Waals surface area contributed by atoms with Crippen LogP contribution >= 0.6 is 15.6 Å². The second-order valence-electron chi connectivity index (χ2n) is 30.4. The van der Waals surface area contributed by atoms with Gasteiger partial charge in [0.05, 0.1) is 26.4 Å². The number of hydrogen-bond donors (Lipinski definition) is 3. The Balaban J connectivity index is 5.23. The Morgan fingerprint density at radius 3 is 0.760 bits per heavy atom. The van der Waals surface area contributed by atoms with E-state index in [2.05, 4.69) is 48.5 Å². The standard InChI is InChI=1S/C81H158O17P2/c1-8-10-11-12-13-14-15-16-17-18-19-20-21-24-28-31-36-41-50-57-64-80(85)97-76(68-91-78(83)62-55-48-40-35-30-27-25-22-23-26-29-33-38-45-52-59-72(3)4)70-95-99(87,88)93-66-75(82)67-94-100(89,90)96-71-77(69-92-79(84)63-56-49-44-43-47-54-61-74(7)9-2)98-81(86)65-58-51-42-37-32-34-39-46-53-60-73(5)6/h72-77,82H,8-71H2,1-7H3,(H,87,88)(H,89,90)/t74?,75-,76-,77-/m1/s1. The molecule has 0 aliphatic heterocycles. The summed E-state index contributed by atoms with van der Waals surface area (Å²) in [7, 11) is -9.92. The molecule has 0 bridgehead atoms. The van der Waals surface area contributed by atoms with Crippen molar-refractivity contribution in [3.05, 3.63) is 0 Å². The zero-order chi connectivity index (χ0) is 73.7. The molecular formula is C81H158O17P2. The van der Waals surface area contributed by atoms with Crippen molar-refractivity contribution >= 4 is 39.5 Å². The topological polar surface area (TPSA) is 237 Å². The van der Waals surface area contributed by atoms with E-state index in [-0.39, 0.29) is 25.7 Å². The molecule has 0 radical (unpaired) electrons. The number of unbranched alkanes of at least 4 members (excludes halogenated alkanes) is 46. The Morgan fingerprint density at radius 2 is 0.510 bits per heavy atom. The van der Waals surface area contributed by atoms with Gasteiger partial charge in [-0.2, -0.15) is 0 Å². The van der Waals surface area contributed by atoms with Crippen molar-refractivity contribution in [2.24, 2.45) is 17.8 Å². The fourth-order valence-electron chi connectivity index (χ4n) is 12.5. The van der Waals surface area contributed by atoms with Gasteiger partial charge >= 0.3 is 39.5 Å². The van der Waals surface area contributed by atoms with Crippen LogP contribution in [0.25, 0.3) is 0 Å². The number of carbonyl (C=O) groups is 4. The Morgan fingerprint density at radius 1 is 0.290 bits per heavy atom. The van der Waals surface area contributed by atoms with Gasteiger partial charge in [0.2, 0.25) is 0 Å². The van der Waals surface area contributed by atoms with Crippen molar-refractivity contribution in [2.45, 2.75) is 439 Å². The Bertz CT molecular complexity index is 1940.